The molecule has 2 atom stereocenters. The highest BCUT2D eigenvalue weighted by atomic mass is 35.5. The largest absolute Gasteiger partial charge is 0.360 e. The van der Waals surface area contributed by atoms with Gasteiger partial charge in [-0.1, -0.05) is 35.0 Å². The number of likely N-dealkylation sites (tertiary alicyclic amines) is 1. The molecule has 2 saturated heterocycles. The van der Waals surface area contributed by atoms with E-state index in [0.29, 0.717) is 18.0 Å². The Kier molecular flexibility index (Phi) is 5.08. The summed E-state index contributed by atoms with van der Waals surface area (Å²) in [5.41, 5.74) is 9.11. The Morgan fingerprint density at radius 2 is 2.04 bits per heavy atom. The first-order chi connectivity index (χ1) is 12.2. The molecule has 3 heterocycles. The molecule has 2 aliphatic heterocycles. The van der Waals surface area contributed by atoms with Crippen LogP contribution in [0.15, 0.2) is 34.9 Å². The maximum absolute atomic E-state index is 6.35. The van der Waals surface area contributed by atoms with Crippen LogP contribution >= 0.6 is 11.6 Å². The van der Waals surface area contributed by atoms with E-state index in [-0.39, 0.29) is 0 Å². The molecule has 0 radical (unpaired) electrons. The fraction of sp³-hybridized carbons (Fsp3) is 0.526. The molecule has 2 aromatic rings. The second-order valence-electron chi connectivity index (χ2n) is 7.25. The maximum Gasteiger partial charge on any atom is 0.150 e. The van der Waals surface area contributed by atoms with Gasteiger partial charge >= 0.3 is 0 Å². The first-order valence-corrected chi connectivity index (χ1v) is 9.47. The number of hydrogen-bond acceptors (Lipinski definition) is 5. The van der Waals surface area contributed by atoms with Crippen molar-refractivity contribution in [3.05, 3.63) is 52.4 Å². The van der Waals surface area contributed by atoms with Crippen LogP contribution in [0.5, 0.6) is 0 Å². The van der Waals surface area contributed by atoms with Crippen LogP contribution in [0.1, 0.15) is 42.3 Å². The molecule has 1 aromatic carbocycles. The van der Waals surface area contributed by atoms with Crippen molar-refractivity contribution in [3.63, 3.8) is 0 Å². The van der Waals surface area contributed by atoms with Crippen LogP contribution in [0.25, 0.3) is 0 Å². The summed E-state index contributed by atoms with van der Waals surface area (Å²) in [6.07, 6.45) is 3.51. The number of rotatable bonds is 4. The van der Waals surface area contributed by atoms with E-state index in [1.54, 1.807) is 0 Å². The van der Waals surface area contributed by atoms with E-state index in [2.05, 4.69) is 33.0 Å². The first-order valence-electron chi connectivity index (χ1n) is 9.09. The summed E-state index contributed by atoms with van der Waals surface area (Å²) in [6.45, 7) is 5.05. The molecule has 4 rings (SSSR count). The lowest BCUT2D eigenvalue weighted by molar-refractivity contribution is 0.144. The second kappa shape index (κ2) is 7.46. The van der Waals surface area contributed by atoms with Gasteiger partial charge < -0.3 is 4.52 Å². The van der Waals surface area contributed by atoms with Gasteiger partial charge in [0.25, 0.3) is 0 Å². The third-order valence-electron chi connectivity index (χ3n) is 5.47. The Bertz CT molecular complexity index is 711. The average molecular weight is 361 g/mol. The maximum atomic E-state index is 6.35. The molecular weight excluding hydrogens is 336 g/mol. The van der Waals surface area contributed by atoms with Gasteiger partial charge in [-0.05, 0) is 56.8 Å². The number of piperidine rings is 1. The quantitative estimate of drug-likeness (QED) is 0.874. The minimum Gasteiger partial charge on any atom is -0.360 e. The number of aromatic nitrogens is 1. The highest BCUT2D eigenvalue weighted by Gasteiger charge is 2.33. The SMILES string of the molecule is Cc1cc(CN2CCC(C3CC(c4ccccc4Cl)NN3)CC2)on1. The molecule has 2 unspecified atom stereocenters. The zero-order valence-corrected chi connectivity index (χ0v) is 15.3. The third-order valence-corrected chi connectivity index (χ3v) is 5.81. The van der Waals surface area contributed by atoms with Crippen LogP contribution in [0.4, 0.5) is 0 Å². The summed E-state index contributed by atoms with van der Waals surface area (Å²) in [5.74, 6) is 1.67. The number of aryl methyl sites for hydroxylation is 1. The standard InChI is InChI=1S/C19H25ClN4O/c1-13-10-15(25-23-13)12-24-8-6-14(7-9-24)18-11-19(22-21-18)16-4-2-3-5-17(16)20/h2-5,10,14,18-19,21-22H,6-9,11-12H2,1H3. The van der Waals surface area contributed by atoms with Gasteiger partial charge in [0.2, 0.25) is 0 Å². The Morgan fingerprint density at radius 1 is 1.24 bits per heavy atom. The van der Waals surface area contributed by atoms with Crippen LogP contribution in [-0.2, 0) is 6.54 Å². The monoisotopic (exact) mass is 360 g/mol. The van der Waals surface area contributed by atoms with Gasteiger partial charge in [-0.2, -0.15) is 0 Å². The zero-order chi connectivity index (χ0) is 17.2. The van der Waals surface area contributed by atoms with E-state index >= 15 is 0 Å². The summed E-state index contributed by atoms with van der Waals surface area (Å²) >= 11 is 6.35. The highest BCUT2D eigenvalue weighted by molar-refractivity contribution is 6.31. The van der Waals surface area contributed by atoms with Gasteiger partial charge in [-0.25, -0.2) is 5.43 Å². The molecule has 5 nitrogen and oxygen atoms in total. The fourth-order valence-corrected chi connectivity index (χ4v) is 4.34. The molecule has 0 bridgehead atoms. The second-order valence-corrected chi connectivity index (χ2v) is 7.66. The molecule has 1 aromatic heterocycles. The van der Waals surface area contributed by atoms with E-state index in [9.17, 15) is 0 Å². The summed E-state index contributed by atoms with van der Waals surface area (Å²) in [4.78, 5) is 2.46. The normalized spacial score (nSPS) is 25.5. The van der Waals surface area contributed by atoms with E-state index in [1.807, 2.05) is 25.1 Å². The summed E-state index contributed by atoms with van der Waals surface area (Å²) < 4.78 is 5.34. The van der Waals surface area contributed by atoms with Crippen LogP contribution < -0.4 is 10.9 Å². The molecule has 25 heavy (non-hydrogen) atoms. The van der Waals surface area contributed by atoms with Crippen molar-refractivity contribution in [1.29, 1.82) is 0 Å². The van der Waals surface area contributed by atoms with Gasteiger partial charge in [0.15, 0.2) is 5.76 Å². The number of hydrogen-bond donors (Lipinski definition) is 2. The smallest absolute Gasteiger partial charge is 0.150 e. The highest BCUT2D eigenvalue weighted by Crippen LogP contribution is 2.33. The number of hydrazine groups is 1. The molecule has 134 valence electrons. The number of nitrogens with zero attached hydrogens (tertiary/aromatic N) is 2. The molecule has 2 aliphatic rings. The zero-order valence-electron chi connectivity index (χ0n) is 14.5. The predicted molar refractivity (Wildman–Crippen MR) is 98.1 cm³/mol. The Morgan fingerprint density at radius 3 is 2.76 bits per heavy atom. The van der Waals surface area contributed by atoms with Crippen molar-refractivity contribution in [2.24, 2.45) is 5.92 Å². The van der Waals surface area contributed by atoms with E-state index < -0.39 is 0 Å². The van der Waals surface area contributed by atoms with Crippen molar-refractivity contribution >= 4 is 11.6 Å². The van der Waals surface area contributed by atoms with Gasteiger partial charge in [0.1, 0.15) is 0 Å². The number of nitrogens with one attached hydrogen (secondary N) is 2. The van der Waals surface area contributed by atoms with E-state index in [4.69, 9.17) is 16.1 Å². The Balaban J connectivity index is 1.29. The Hall–Kier alpha value is -1.40. The summed E-state index contributed by atoms with van der Waals surface area (Å²) in [5, 5.41) is 4.82. The van der Waals surface area contributed by atoms with Crippen molar-refractivity contribution in [2.45, 2.75) is 44.8 Å². The van der Waals surface area contributed by atoms with E-state index in [1.165, 1.54) is 18.4 Å². The van der Waals surface area contributed by atoms with Gasteiger partial charge in [0, 0.05) is 23.2 Å². The minimum absolute atomic E-state index is 0.300. The fourth-order valence-electron chi connectivity index (χ4n) is 4.08. The molecule has 0 saturated carbocycles. The lowest BCUT2D eigenvalue weighted by Gasteiger charge is -2.34. The summed E-state index contributed by atoms with van der Waals surface area (Å²) in [6, 6.07) is 11.0. The molecule has 0 aliphatic carbocycles. The minimum atomic E-state index is 0.300. The van der Waals surface area contributed by atoms with Gasteiger partial charge in [-0.15, -0.1) is 0 Å². The topological polar surface area (TPSA) is 53.3 Å². The number of benzene rings is 1. The molecule has 0 spiro atoms. The van der Waals surface area contributed by atoms with Crippen LogP contribution in [0, 0.1) is 12.8 Å². The van der Waals surface area contributed by atoms with Crippen molar-refractivity contribution in [3.8, 4) is 0 Å². The molecule has 0 amide bonds. The average Bonchev–Trinajstić information content (AvgIpc) is 3.25. The number of halogens is 1. The third kappa shape index (κ3) is 3.90. The molecule has 2 fully saturated rings. The van der Waals surface area contributed by atoms with Crippen LogP contribution in [0.3, 0.4) is 0 Å². The molecule has 2 N–H and O–H groups in total. The van der Waals surface area contributed by atoms with Gasteiger partial charge in [-0.3, -0.25) is 10.3 Å². The lowest BCUT2D eigenvalue weighted by Crippen LogP contribution is -2.42. The lowest BCUT2D eigenvalue weighted by atomic mass is 9.86. The van der Waals surface area contributed by atoms with Crippen LogP contribution in [0.2, 0.25) is 5.02 Å². The predicted octanol–water partition coefficient (Wildman–Crippen LogP) is 3.46. The van der Waals surface area contributed by atoms with E-state index in [0.717, 1.165) is 42.5 Å². The van der Waals surface area contributed by atoms with Crippen molar-refractivity contribution < 1.29 is 4.52 Å². The van der Waals surface area contributed by atoms with Gasteiger partial charge in [0.05, 0.1) is 12.2 Å². The molecular formula is C19H25ClN4O. The molecule has 6 heteroatoms. The Labute approximate surface area is 153 Å². The first kappa shape index (κ1) is 17.0. The summed E-state index contributed by atoms with van der Waals surface area (Å²) in [7, 11) is 0. The van der Waals surface area contributed by atoms with Crippen molar-refractivity contribution in [1.82, 2.24) is 20.9 Å². The van der Waals surface area contributed by atoms with Crippen molar-refractivity contribution in [2.75, 3.05) is 13.1 Å². The van der Waals surface area contributed by atoms with Crippen LogP contribution in [-0.4, -0.2) is 29.2 Å².